The number of nitrogens with zero attached hydrogens (tertiary/aromatic N) is 1. The number of ether oxygens (including phenoxy) is 1. The quantitative estimate of drug-likeness (QED) is 0.921. The van der Waals surface area contributed by atoms with Crippen LogP contribution in [0.5, 0.6) is 0 Å². The number of morpholine rings is 1. The Kier molecular flexibility index (Phi) is 7.46. The summed E-state index contributed by atoms with van der Waals surface area (Å²) in [7, 11) is 1.83. The van der Waals surface area contributed by atoms with Gasteiger partial charge < -0.3 is 15.0 Å². The third-order valence-electron chi connectivity index (χ3n) is 3.73. The molecule has 0 bridgehead atoms. The van der Waals surface area contributed by atoms with Gasteiger partial charge in [-0.1, -0.05) is 23.7 Å². The highest BCUT2D eigenvalue weighted by molar-refractivity contribution is 6.30. The molecular weight excluding hydrogens is 311 g/mol. The minimum atomic E-state index is -0.0175. The number of carbonyl (C=O) groups is 1. The van der Waals surface area contributed by atoms with E-state index in [1.54, 1.807) is 4.90 Å². The number of nitrogens with one attached hydrogen (secondary N) is 1. The Balaban J connectivity index is 0.00000220. The van der Waals surface area contributed by atoms with Gasteiger partial charge in [0.2, 0.25) is 5.91 Å². The lowest BCUT2D eigenvalue weighted by Gasteiger charge is -2.29. The molecule has 4 nitrogen and oxygen atoms in total. The number of carbonyl (C=O) groups excluding carboxylic acids is 1. The molecule has 1 heterocycles. The molecule has 1 amide bonds. The van der Waals surface area contributed by atoms with Crippen LogP contribution in [0.4, 0.5) is 0 Å². The lowest BCUT2D eigenvalue weighted by Crippen LogP contribution is -2.42. The minimum Gasteiger partial charge on any atom is -0.375 e. The maximum atomic E-state index is 12.3. The fourth-order valence-electron chi connectivity index (χ4n) is 2.27. The average molecular weight is 333 g/mol. The molecular formula is C15H22Cl2N2O2. The number of halogens is 2. The van der Waals surface area contributed by atoms with Gasteiger partial charge in [-0.2, -0.15) is 0 Å². The fraction of sp³-hybridized carbons (Fsp3) is 0.533. The van der Waals surface area contributed by atoms with Crippen molar-refractivity contribution in [3.8, 4) is 0 Å². The second-order valence-corrected chi connectivity index (χ2v) is 5.57. The first-order valence-corrected chi connectivity index (χ1v) is 7.29. The van der Waals surface area contributed by atoms with E-state index in [0.717, 1.165) is 18.7 Å². The highest BCUT2D eigenvalue weighted by atomic mass is 35.5. The van der Waals surface area contributed by atoms with Crippen LogP contribution in [-0.4, -0.2) is 43.7 Å². The van der Waals surface area contributed by atoms with Gasteiger partial charge in [0.1, 0.15) is 0 Å². The Bertz CT molecular complexity index is 447. The van der Waals surface area contributed by atoms with Crippen LogP contribution in [0.1, 0.15) is 24.9 Å². The van der Waals surface area contributed by atoms with E-state index in [1.807, 2.05) is 38.2 Å². The maximum Gasteiger partial charge on any atom is 0.225 e. The molecule has 2 atom stereocenters. The zero-order chi connectivity index (χ0) is 14.5. The first-order valence-electron chi connectivity index (χ1n) is 6.91. The first-order chi connectivity index (χ1) is 9.58. The molecule has 1 fully saturated rings. The molecule has 0 spiro atoms. The Hall–Kier alpha value is -0.810. The summed E-state index contributed by atoms with van der Waals surface area (Å²) >= 11 is 5.88. The first kappa shape index (κ1) is 18.2. The van der Waals surface area contributed by atoms with Crippen molar-refractivity contribution in [3.63, 3.8) is 0 Å². The molecule has 1 aromatic carbocycles. The molecule has 0 aromatic heterocycles. The van der Waals surface area contributed by atoms with E-state index >= 15 is 0 Å². The van der Waals surface area contributed by atoms with Gasteiger partial charge >= 0.3 is 0 Å². The summed E-state index contributed by atoms with van der Waals surface area (Å²) in [5.41, 5.74) is 1.08. The van der Waals surface area contributed by atoms with E-state index in [-0.39, 0.29) is 30.5 Å². The van der Waals surface area contributed by atoms with Crippen LogP contribution in [0.25, 0.3) is 0 Å². The Labute approximate surface area is 137 Å². The van der Waals surface area contributed by atoms with Crippen molar-refractivity contribution in [2.45, 2.75) is 25.5 Å². The van der Waals surface area contributed by atoms with Crippen molar-refractivity contribution in [1.82, 2.24) is 10.2 Å². The van der Waals surface area contributed by atoms with E-state index in [0.29, 0.717) is 18.1 Å². The molecule has 1 aliphatic rings. The third kappa shape index (κ3) is 5.15. The number of rotatable bonds is 4. The summed E-state index contributed by atoms with van der Waals surface area (Å²) in [6.07, 6.45) is 0.401. The molecule has 118 valence electrons. The lowest BCUT2D eigenvalue weighted by atomic mass is 10.1. The van der Waals surface area contributed by atoms with Crippen LogP contribution >= 0.6 is 24.0 Å². The van der Waals surface area contributed by atoms with Gasteiger partial charge in [0.05, 0.1) is 25.2 Å². The summed E-state index contributed by atoms with van der Waals surface area (Å²) in [6.45, 7) is 4.30. The average Bonchev–Trinajstić information content (AvgIpc) is 2.47. The van der Waals surface area contributed by atoms with Gasteiger partial charge in [0, 0.05) is 25.2 Å². The molecule has 21 heavy (non-hydrogen) atoms. The van der Waals surface area contributed by atoms with E-state index in [1.165, 1.54) is 0 Å². The molecule has 6 heteroatoms. The highest BCUT2D eigenvalue weighted by Crippen LogP contribution is 2.21. The fourth-order valence-corrected chi connectivity index (χ4v) is 2.40. The molecule has 2 unspecified atom stereocenters. The van der Waals surface area contributed by atoms with E-state index in [4.69, 9.17) is 16.3 Å². The Morgan fingerprint density at radius 1 is 1.48 bits per heavy atom. The van der Waals surface area contributed by atoms with Crippen molar-refractivity contribution < 1.29 is 9.53 Å². The summed E-state index contributed by atoms with van der Waals surface area (Å²) < 4.78 is 5.57. The summed E-state index contributed by atoms with van der Waals surface area (Å²) in [5, 5.41) is 3.94. The number of hydrogen-bond acceptors (Lipinski definition) is 3. The predicted octanol–water partition coefficient (Wildman–Crippen LogP) is 2.66. The smallest absolute Gasteiger partial charge is 0.225 e. The molecule has 1 aromatic rings. The topological polar surface area (TPSA) is 41.6 Å². The lowest BCUT2D eigenvalue weighted by molar-refractivity contribution is -0.135. The molecule has 0 aliphatic carbocycles. The Morgan fingerprint density at radius 3 is 2.71 bits per heavy atom. The second-order valence-electron chi connectivity index (χ2n) is 5.13. The van der Waals surface area contributed by atoms with E-state index in [2.05, 4.69) is 5.32 Å². The van der Waals surface area contributed by atoms with Gasteiger partial charge in [-0.15, -0.1) is 12.4 Å². The third-order valence-corrected chi connectivity index (χ3v) is 3.99. The van der Waals surface area contributed by atoms with Crippen LogP contribution in [0.15, 0.2) is 24.3 Å². The summed E-state index contributed by atoms with van der Waals surface area (Å²) in [6, 6.07) is 7.63. The van der Waals surface area contributed by atoms with Crippen LogP contribution in [0.2, 0.25) is 5.02 Å². The Morgan fingerprint density at radius 2 is 2.14 bits per heavy atom. The van der Waals surface area contributed by atoms with E-state index in [9.17, 15) is 4.79 Å². The van der Waals surface area contributed by atoms with Gasteiger partial charge in [-0.3, -0.25) is 4.79 Å². The van der Waals surface area contributed by atoms with Gasteiger partial charge in [-0.05, 0) is 24.6 Å². The standard InChI is InChI=1S/C15H21ClN2O2.ClH/c1-11(12-3-5-13(16)6-4-12)18(2)15(19)9-14-10-17-7-8-20-14;/h3-6,11,14,17H,7-10H2,1-2H3;1H. The van der Waals surface area contributed by atoms with Crippen LogP contribution < -0.4 is 5.32 Å². The zero-order valence-electron chi connectivity index (χ0n) is 12.3. The summed E-state index contributed by atoms with van der Waals surface area (Å²) in [4.78, 5) is 14.1. The van der Waals surface area contributed by atoms with Gasteiger partial charge in [-0.25, -0.2) is 0 Å². The monoisotopic (exact) mass is 332 g/mol. The maximum absolute atomic E-state index is 12.3. The van der Waals surface area contributed by atoms with Gasteiger partial charge in [0.25, 0.3) is 0 Å². The highest BCUT2D eigenvalue weighted by Gasteiger charge is 2.22. The van der Waals surface area contributed by atoms with E-state index < -0.39 is 0 Å². The minimum absolute atomic E-state index is 0. The molecule has 1 N–H and O–H groups in total. The largest absolute Gasteiger partial charge is 0.375 e. The van der Waals surface area contributed by atoms with Crippen LogP contribution in [-0.2, 0) is 9.53 Å². The van der Waals surface area contributed by atoms with Crippen molar-refractivity contribution >= 4 is 29.9 Å². The van der Waals surface area contributed by atoms with Gasteiger partial charge in [0.15, 0.2) is 0 Å². The molecule has 0 saturated carbocycles. The molecule has 2 rings (SSSR count). The molecule has 0 radical (unpaired) electrons. The van der Waals surface area contributed by atoms with Crippen molar-refractivity contribution in [2.75, 3.05) is 26.7 Å². The summed E-state index contributed by atoms with van der Waals surface area (Å²) in [5.74, 6) is 0.0983. The number of benzene rings is 1. The molecule has 1 aliphatic heterocycles. The number of amides is 1. The molecule has 1 saturated heterocycles. The van der Waals surface area contributed by atoms with Crippen LogP contribution in [0.3, 0.4) is 0 Å². The predicted molar refractivity (Wildman–Crippen MR) is 87.1 cm³/mol. The number of hydrogen-bond donors (Lipinski definition) is 1. The van der Waals surface area contributed by atoms with Crippen molar-refractivity contribution in [2.24, 2.45) is 0 Å². The van der Waals surface area contributed by atoms with Crippen molar-refractivity contribution in [1.29, 1.82) is 0 Å². The van der Waals surface area contributed by atoms with Crippen LogP contribution in [0, 0.1) is 0 Å². The normalized spacial score (nSPS) is 19.5. The SMILES string of the molecule is CC(c1ccc(Cl)cc1)N(C)C(=O)CC1CNCCO1.Cl. The zero-order valence-corrected chi connectivity index (χ0v) is 13.9. The second kappa shape index (κ2) is 8.59. The van der Waals surface area contributed by atoms with Crippen molar-refractivity contribution in [3.05, 3.63) is 34.9 Å².